The zero-order valence-corrected chi connectivity index (χ0v) is 27.4. The third kappa shape index (κ3) is 14.4. The van der Waals surface area contributed by atoms with Gasteiger partial charge in [0, 0.05) is 11.3 Å². The first kappa shape index (κ1) is 38.1. The fourth-order valence-electron chi connectivity index (χ4n) is 4.81. The highest BCUT2D eigenvalue weighted by atomic mass is 32.2. The van der Waals surface area contributed by atoms with Gasteiger partial charge in [-0.3, -0.25) is 14.4 Å². The maximum Gasteiger partial charge on any atom is 0.339 e. The van der Waals surface area contributed by atoms with E-state index in [9.17, 15) is 29.1 Å². The van der Waals surface area contributed by atoms with Gasteiger partial charge in [-0.2, -0.15) is 11.8 Å². The maximum absolute atomic E-state index is 12.6. The van der Waals surface area contributed by atoms with Crippen LogP contribution in [0.25, 0.3) is 0 Å². The van der Waals surface area contributed by atoms with E-state index in [0.29, 0.717) is 5.75 Å². The molecule has 1 N–H and O–H groups in total. The number of esters is 3. The number of hydrogen-bond acceptors (Lipinski definition) is 9. The Balaban J connectivity index is 2.45. The molecule has 0 saturated heterocycles. The number of carbonyl (C=O) groups is 5. The molecule has 0 heterocycles. The van der Waals surface area contributed by atoms with Crippen LogP contribution in [-0.2, 0) is 23.8 Å². The minimum atomic E-state index is -1.37. The molecule has 0 radical (unpaired) electrons. The average Bonchev–Trinajstić information content (AvgIpc) is 2.98. The van der Waals surface area contributed by atoms with Crippen molar-refractivity contribution in [3.05, 3.63) is 34.9 Å². The number of hydrogen-bond donors (Lipinski definition) is 1. The van der Waals surface area contributed by atoms with Gasteiger partial charge in [0.1, 0.15) is 13.2 Å². The lowest BCUT2D eigenvalue weighted by atomic mass is 9.83. The zero-order valence-electron chi connectivity index (χ0n) is 26.5. The van der Waals surface area contributed by atoms with Crippen LogP contribution in [0.4, 0.5) is 0 Å². The minimum Gasteiger partial charge on any atom is -0.478 e. The van der Waals surface area contributed by atoms with Gasteiger partial charge in [0.05, 0.1) is 29.6 Å². The minimum absolute atomic E-state index is 0.160. The molecule has 0 aromatic heterocycles. The number of Topliss-reactive ketones (excluding diaryl/α,β-unsaturated/α-hetero) is 1. The molecule has 0 bridgehead atoms. The topological polar surface area (TPSA) is 133 Å². The molecule has 9 nitrogen and oxygen atoms in total. The van der Waals surface area contributed by atoms with E-state index in [0.717, 1.165) is 18.2 Å². The van der Waals surface area contributed by atoms with E-state index in [-0.39, 0.29) is 48.1 Å². The second-order valence-electron chi connectivity index (χ2n) is 11.3. The standard InChI is InChI=1S/C33H50O9S/c1-6-7-8-9-10-11-12-13-14-15-20-43-23-33(4,32(39)40-5)22-24(2)30(37)41-18-19-42-31(38)27-17-16-26(25(3)34)21-28(27)29(35)36/h16-17,21,24H,6-15,18-20,22-23H2,1-5H3,(H,35,36). The van der Waals surface area contributed by atoms with E-state index in [4.69, 9.17) is 14.2 Å². The molecule has 0 spiro atoms. The Morgan fingerprint density at radius 2 is 1.47 bits per heavy atom. The van der Waals surface area contributed by atoms with Crippen molar-refractivity contribution >= 4 is 41.4 Å². The predicted octanol–water partition coefficient (Wildman–Crippen LogP) is 7.15. The number of methoxy groups -OCH3 is 1. The van der Waals surface area contributed by atoms with Gasteiger partial charge in [0.2, 0.25) is 0 Å². The Morgan fingerprint density at radius 1 is 0.884 bits per heavy atom. The molecular weight excluding hydrogens is 572 g/mol. The molecule has 0 saturated carbocycles. The molecule has 2 atom stereocenters. The van der Waals surface area contributed by atoms with E-state index < -0.39 is 29.2 Å². The van der Waals surface area contributed by atoms with Crippen LogP contribution >= 0.6 is 11.8 Å². The second-order valence-corrected chi connectivity index (χ2v) is 12.4. The Labute approximate surface area is 260 Å². The highest BCUT2D eigenvalue weighted by molar-refractivity contribution is 7.99. The largest absolute Gasteiger partial charge is 0.478 e. The number of aromatic carboxylic acids is 1. The summed E-state index contributed by atoms with van der Waals surface area (Å²) in [5.74, 6) is -2.66. The van der Waals surface area contributed by atoms with Gasteiger partial charge in [-0.25, -0.2) is 9.59 Å². The highest BCUT2D eigenvalue weighted by Gasteiger charge is 2.38. The summed E-state index contributed by atoms with van der Waals surface area (Å²) in [7, 11) is 1.34. The van der Waals surface area contributed by atoms with Gasteiger partial charge in [0.15, 0.2) is 5.78 Å². The van der Waals surface area contributed by atoms with Crippen molar-refractivity contribution in [2.24, 2.45) is 11.3 Å². The highest BCUT2D eigenvalue weighted by Crippen LogP contribution is 2.33. The van der Waals surface area contributed by atoms with Crippen molar-refractivity contribution in [3.8, 4) is 0 Å². The first-order valence-corrected chi connectivity index (χ1v) is 16.5. The van der Waals surface area contributed by atoms with Crippen LogP contribution < -0.4 is 0 Å². The number of benzene rings is 1. The number of ketones is 1. The monoisotopic (exact) mass is 622 g/mol. The maximum atomic E-state index is 12.6. The number of thioether (sulfide) groups is 1. The quantitative estimate of drug-likeness (QED) is 0.0580. The molecule has 0 aliphatic carbocycles. The molecule has 1 rings (SSSR count). The molecule has 2 unspecified atom stereocenters. The Morgan fingerprint density at radius 3 is 2.02 bits per heavy atom. The fourth-order valence-corrected chi connectivity index (χ4v) is 6.05. The smallest absolute Gasteiger partial charge is 0.339 e. The van der Waals surface area contributed by atoms with Crippen LogP contribution in [0.5, 0.6) is 0 Å². The summed E-state index contributed by atoms with van der Waals surface area (Å²) >= 11 is 1.69. The predicted molar refractivity (Wildman–Crippen MR) is 168 cm³/mol. The molecule has 0 amide bonds. The lowest BCUT2D eigenvalue weighted by Gasteiger charge is -2.28. The number of carbonyl (C=O) groups excluding carboxylic acids is 4. The van der Waals surface area contributed by atoms with Gasteiger partial charge in [-0.1, -0.05) is 77.7 Å². The summed E-state index contributed by atoms with van der Waals surface area (Å²) in [5, 5.41) is 9.40. The van der Waals surface area contributed by atoms with E-state index in [1.807, 2.05) is 0 Å². The second kappa shape index (κ2) is 20.9. The number of ether oxygens (including phenoxy) is 3. The molecule has 242 valence electrons. The SMILES string of the molecule is CCCCCCCCCCCCSCC(C)(CC(C)C(=O)OCCOC(=O)c1ccc(C(C)=O)cc1C(=O)O)C(=O)OC. The molecule has 43 heavy (non-hydrogen) atoms. The van der Waals surface area contributed by atoms with Crippen molar-refractivity contribution in [1.29, 1.82) is 0 Å². The van der Waals surface area contributed by atoms with Crippen LogP contribution in [0.3, 0.4) is 0 Å². The van der Waals surface area contributed by atoms with E-state index in [2.05, 4.69) is 6.92 Å². The zero-order chi connectivity index (χ0) is 32.3. The molecule has 0 aliphatic heterocycles. The van der Waals surface area contributed by atoms with Gasteiger partial charge < -0.3 is 19.3 Å². The van der Waals surface area contributed by atoms with Crippen LogP contribution in [0.15, 0.2) is 18.2 Å². The molecule has 10 heteroatoms. The van der Waals surface area contributed by atoms with Crippen LogP contribution in [0, 0.1) is 11.3 Å². The average molecular weight is 623 g/mol. The van der Waals surface area contributed by atoms with E-state index >= 15 is 0 Å². The Hall–Kier alpha value is -2.88. The molecule has 0 fully saturated rings. The number of carboxylic acid groups (broad SMARTS) is 1. The summed E-state index contributed by atoms with van der Waals surface area (Å²) in [4.78, 5) is 60.7. The lowest BCUT2D eigenvalue weighted by molar-refractivity contribution is -0.155. The van der Waals surface area contributed by atoms with Gasteiger partial charge in [-0.05, 0) is 44.6 Å². The number of unbranched alkanes of at least 4 members (excludes halogenated alkanes) is 9. The summed E-state index contributed by atoms with van der Waals surface area (Å²) < 4.78 is 15.4. The van der Waals surface area contributed by atoms with Crippen molar-refractivity contribution < 1.29 is 43.3 Å². The summed E-state index contributed by atoms with van der Waals surface area (Å²) in [6, 6.07) is 3.69. The summed E-state index contributed by atoms with van der Waals surface area (Å²) in [6.07, 6.45) is 12.9. The Bertz CT molecular complexity index is 1050. The molecule has 1 aromatic rings. The van der Waals surface area contributed by atoms with Crippen LogP contribution in [0.1, 0.15) is 129 Å². The van der Waals surface area contributed by atoms with Crippen LogP contribution in [-0.4, -0.2) is 66.6 Å². The van der Waals surface area contributed by atoms with Crippen molar-refractivity contribution in [2.45, 2.75) is 98.3 Å². The lowest BCUT2D eigenvalue weighted by Crippen LogP contribution is -2.36. The van der Waals surface area contributed by atoms with Gasteiger partial charge in [-0.15, -0.1) is 0 Å². The molecule has 1 aromatic carbocycles. The fraction of sp³-hybridized carbons (Fsp3) is 0.667. The van der Waals surface area contributed by atoms with Crippen LogP contribution in [0.2, 0.25) is 0 Å². The molecule has 0 aliphatic rings. The third-order valence-corrected chi connectivity index (χ3v) is 8.76. The van der Waals surface area contributed by atoms with Crippen molar-refractivity contribution in [1.82, 2.24) is 0 Å². The number of rotatable bonds is 23. The van der Waals surface area contributed by atoms with E-state index in [1.165, 1.54) is 84.0 Å². The van der Waals surface area contributed by atoms with E-state index in [1.54, 1.807) is 25.6 Å². The molecular formula is C33H50O9S. The normalized spacial score (nSPS) is 13.0. The third-order valence-electron chi connectivity index (χ3n) is 7.34. The summed E-state index contributed by atoms with van der Waals surface area (Å²) in [5.41, 5.74) is -1.26. The van der Waals surface area contributed by atoms with Gasteiger partial charge >= 0.3 is 23.9 Å². The van der Waals surface area contributed by atoms with Gasteiger partial charge in [0.25, 0.3) is 0 Å². The number of carboxylic acids is 1. The van der Waals surface area contributed by atoms with Crippen molar-refractivity contribution in [3.63, 3.8) is 0 Å². The van der Waals surface area contributed by atoms with Crippen molar-refractivity contribution in [2.75, 3.05) is 31.8 Å². The Kier molecular flexibility index (Phi) is 18.6. The first-order valence-electron chi connectivity index (χ1n) is 15.3. The summed E-state index contributed by atoms with van der Waals surface area (Å²) in [6.45, 7) is 6.49. The first-order chi connectivity index (χ1) is 20.5.